The lowest BCUT2D eigenvalue weighted by atomic mass is 10.2. The Balaban J connectivity index is 1.06. The molecule has 0 radical (unpaired) electrons. The lowest BCUT2D eigenvalue weighted by molar-refractivity contribution is 0.00206. The zero-order valence-electron chi connectivity index (χ0n) is 33.4. The predicted molar refractivity (Wildman–Crippen MR) is 211 cm³/mol. The van der Waals surface area contributed by atoms with Crippen molar-refractivity contribution < 1.29 is 71.8 Å². The number of hydrogen-bond acceptors (Lipinski definition) is 17. The van der Waals surface area contributed by atoms with Crippen molar-refractivity contribution in [2.24, 2.45) is 0 Å². The third kappa shape index (κ3) is 19.9. The van der Waals surface area contributed by atoms with E-state index in [9.17, 15) is 10.2 Å². The fourth-order valence-corrected chi connectivity index (χ4v) is 5.66. The van der Waals surface area contributed by atoms with Crippen LogP contribution < -0.4 is 19.3 Å². The molecule has 2 aliphatic rings. The van der Waals surface area contributed by atoms with Gasteiger partial charge < -0.3 is 81.6 Å². The summed E-state index contributed by atoms with van der Waals surface area (Å²) in [6.45, 7) is 13.0. The molecule has 324 valence electrons. The van der Waals surface area contributed by atoms with Crippen molar-refractivity contribution in [2.75, 3.05) is 195 Å². The van der Waals surface area contributed by atoms with Gasteiger partial charge in [-0.25, -0.2) is 0 Å². The van der Waals surface area contributed by atoms with Crippen molar-refractivity contribution in [3.8, 4) is 23.0 Å². The van der Waals surface area contributed by atoms with Crippen LogP contribution in [0.15, 0.2) is 36.4 Å². The second kappa shape index (κ2) is 30.8. The van der Waals surface area contributed by atoms with E-state index in [-0.39, 0.29) is 24.7 Å². The standard InChI is InChI=1S/C40H64N2O15/c43-39-35(41-7-11-45-15-19-49-23-24-50-20-16-46-12-8-41)3-1-5-37(39)56-33-31-54-29-27-53-28-30-55-32-34-57-38-6-2-4-36(40(38)44)42-9-13-47-17-21-51-25-26-52-22-18-48-14-10-42/h1-6,43-44H,7-34H2. The van der Waals surface area contributed by atoms with E-state index in [1.165, 1.54) is 0 Å². The minimum absolute atomic E-state index is 0.0561. The highest BCUT2D eigenvalue weighted by Gasteiger charge is 2.17. The summed E-state index contributed by atoms with van der Waals surface area (Å²) >= 11 is 0. The molecule has 2 heterocycles. The Labute approximate surface area is 336 Å². The van der Waals surface area contributed by atoms with Gasteiger partial charge in [0.2, 0.25) is 0 Å². The Hall–Kier alpha value is -3.20. The van der Waals surface area contributed by atoms with Crippen LogP contribution in [0, 0.1) is 0 Å². The molecule has 2 fully saturated rings. The first kappa shape index (κ1) is 46.5. The van der Waals surface area contributed by atoms with Crippen molar-refractivity contribution in [1.29, 1.82) is 0 Å². The SMILES string of the molecule is Oc1c(OCCOCCOCCOCCOc2cccc(N3CCOCCOCCOCCOCC3)c2O)cccc1N1CCOCCOCCOCCOCC1. The van der Waals surface area contributed by atoms with Crippen molar-refractivity contribution in [2.45, 2.75) is 0 Å². The van der Waals surface area contributed by atoms with Crippen LogP contribution in [0.1, 0.15) is 0 Å². The van der Waals surface area contributed by atoms with Gasteiger partial charge in [-0.1, -0.05) is 12.1 Å². The minimum Gasteiger partial charge on any atom is -0.503 e. The quantitative estimate of drug-likeness (QED) is 0.237. The lowest BCUT2D eigenvalue weighted by Gasteiger charge is -2.26. The van der Waals surface area contributed by atoms with Gasteiger partial charge in [0.05, 0.1) is 157 Å². The van der Waals surface area contributed by atoms with E-state index in [2.05, 4.69) is 0 Å². The summed E-state index contributed by atoms with van der Waals surface area (Å²) in [6, 6.07) is 10.8. The fraction of sp³-hybridized carbons (Fsp3) is 0.700. The van der Waals surface area contributed by atoms with Gasteiger partial charge in [-0.05, 0) is 24.3 Å². The van der Waals surface area contributed by atoms with Gasteiger partial charge in [0, 0.05) is 26.2 Å². The van der Waals surface area contributed by atoms with Crippen LogP contribution in [0.25, 0.3) is 0 Å². The van der Waals surface area contributed by atoms with Gasteiger partial charge in [-0.3, -0.25) is 0 Å². The van der Waals surface area contributed by atoms with Crippen LogP contribution in [0.3, 0.4) is 0 Å². The van der Waals surface area contributed by atoms with Crippen LogP contribution in [0.4, 0.5) is 11.4 Å². The maximum Gasteiger partial charge on any atom is 0.181 e. The first-order valence-corrected chi connectivity index (χ1v) is 20.0. The van der Waals surface area contributed by atoms with Gasteiger partial charge in [-0.15, -0.1) is 0 Å². The van der Waals surface area contributed by atoms with Gasteiger partial charge >= 0.3 is 0 Å². The number of benzene rings is 2. The number of rotatable bonds is 16. The molecule has 2 aliphatic heterocycles. The van der Waals surface area contributed by atoms with E-state index >= 15 is 0 Å². The second-order valence-electron chi connectivity index (χ2n) is 12.7. The number of para-hydroxylation sites is 2. The van der Waals surface area contributed by atoms with E-state index in [1.54, 1.807) is 12.1 Å². The van der Waals surface area contributed by atoms with E-state index < -0.39 is 0 Å². The second-order valence-corrected chi connectivity index (χ2v) is 12.7. The molecule has 2 aromatic rings. The maximum atomic E-state index is 11.0. The molecule has 57 heavy (non-hydrogen) atoms. The van der Waals surface area contributed by atoms with Crippen LogP contribution in [0.2, 0.25) is 0 Å². The molecular formula is C40H64N2O15. The third-order valence-electron chi connectivity index (χ3n) is 8.61. The topological polar surface area (TPSA) is 167 Å². The summed E-state index contributed by atoms with van der Waals surface area (Å²) in [5.41, 5.74) is 1.28. The lowest BCUT2D eigenvalue weighted by Crippen LogP contribution is -2.31. The zero-order valence-corrected chi connectivity index (χ0v) is 33.4. The Morgan fingerprint density at radius 2 is 0.632 bits per heavy atom. The largest absolute Gasteiger partial charge is 0.503 e. The Kier molecular flexibility index (Phi) is 25.1. The van der Waals surface area contributed by atoms with Crippen LogP contribution in [-0.4, -0.2) is 195 Å². The number of nitrogens with zero attached hydrogens (tertiary/aromatic N) is 2. The number of phenols is 2. The molecule has 2 saturated heterocycles. The van der Waals surface area contributed by atoms with Gasteiger partial charge in [0.15, 0.2) is 23.0 Å². The van der Waals surface area contributed by atoms with Crippen LogP contribution >= 0.6 is 0 Å². The van der Waals surface area contributed by atoms with E-state index in [0.29, 0.717) is 194 Å². The molecule has 4 rings (SSSR count). The molecule has 0 atom stereocenters. The van der Waals surface area contributed by atoms with E-state index in [1.807, 2.05) is 34.1 Å². The molecule has 0 amide bonds. The van der Waals surface area contributed by atoms with Crippen LogP contribution in [0.5, 0.6) is 23.0 Å². The number of hydrogen-bond donors (Lipinski definition) is 2. The third-order valence-corrected chi connectivity index (χ3v) is 8.61. The van der Waals surface area contributed by atoms with Gasteiger partial charge in [0.1, 0.15) is 13.2 Å². The van der Waals surface area contributed by atoms with Crippen LogP contribution in [-0.2, 0) is 52.1 Å². The molecule has 0 aromatic heterocycles. The summed E-state index contributed by atoms with van der Waals surface area (Å²) in [5, 5.41) is 22.1. The maximum absolute atomic E-state index is 11.0. The minimum atomic E-state index is 0.0561. The Morgan fingerprint density at radius 3 is 0.930 bits per heavy atom. The highest BCUT2D eigenvalue weighted by atomic mass is 16.6. The monoisotopic (exact) mass is 812 g/mol. The normalized spacial score (nSPS) is 18.5. The fourth-order valence-electron chi connectivity index (χ4n) is 5.66. The first-order valence-electron chi connectivity index (χ1n) is 20.0. The van der Waals surface area contributed by atoms with Crippen molar-refractivity contribution in [3.63, 3.8) is 0 Å². The molecule has 0 spiro atoms. The van der Waals surface area contributed by atoms with Gasteiger partial charge in [-0.2, -0.15) is 0 Å². The highest BCUT2D eigenvalue weighted by Crippen LogP contribution is 2.37. The summed E-state index contributed by atoms with van der Waals surface area (Å²) in [6.07, 6.45) is 0. The molecule has 0 bridgehead atoms. The average molecular weight is 813 g/mol. The van der Waals surface area contributed by atoms with E-state index in [4.69, 9.17) is 61.6 Å². The zero-order chi connectivity index (χ0) is 39.9. The van der Waals surface area contributed by atoms with E-state index in [0.717, 1.165) is 0 Å². The summed E-state index contributed by atoms with van der Waals surface area (Å²) < 4.78 is 73.5. The first-order chi connectivity index (χ1) is 28.2. The molecule has 2 N–H and O–H groups in total. The molecule has 0 unspecified atom stereocenters. The number of aromatic hydroxyl groups is 2. The smallest absolute Gasteiger partial charge is 0.181 e. The number of anilines is 2. The summed E-state index contributed by atoms with van der Waals surface area (Å²) in [7, 11) is 0. The molecule has 17 nitrogen and oxygen atoms in total. The number of ether oxygens (including phenoxy) is 13. The molecule has 0 saturated carbocycles. The number of phenolic OH excluding ortho intramolecular Hbond substituents is 2. The molecular weight excluding hydrogens is 748 g/mol. The summed E-state index contributed by atoms with van der Waals surface area (Å²) in [5.74, 6) is 0.860. The van der Waals surface area contributed by atoms with Crippen molar-refractivity contribution in [3.05, 3.63) is 36.4 Å². The Bertz CT molecular complexity index is 1170. The molecule has 2 aromatic carbocycles. The Morgan fingerprint density at radius 1 is 0.368 bits per heavy atom. The van der Waals surface area contributed by atoms with Gasteiger partial charge in [0.25, 0.3) is 0 Å². The summed E-state index contributed by atoms with van der Waals surface area (Å²) in [4.78, 5) is 4.03. The predicted octanol–water partition coefficient (Wildman–Crippen LogP) is 2.38. The average Bonchev–Trinajstić information content (AvgIpc) is 3.24. The molecule has 17 heteroatoms. The van der Waals surface area contributed by atoms with Crippen molar-refractivity contribution >= 4 is 11.4 Å². The van der Waals surface area contributed by atoms with Crippen molar-refractivity contribution in [1.82, 2.24) is 0 Å². The highest BCUT2D eigenvalue weighted by molar-refractivity contribution is 5.64. The molecule has 0 aliphatic carbocycles.